The smallest absolute Gasteiger partial charge is 0.262 e. The highest BCUT2D eigenvalue weighted by Crippen LogP contribution is 2.34. The van der Waals surface area contributed by atoms with E-state index < -0.39 is 10.0 Å². The van der Waals surface area contributed by atoms with Crippen molar-refractivity contribution in [2.45, 2.75) is 24.7 Å². The first kappa shape index (κ1) is 17.0. The minimum Gasteiger partial charge on any atom is -0.454 e. The van der Waals surface area contributed by atoms with Crippen molar-refractivity contribution in [2.24, 2.45) is 5.92 Å². The van der Waals surface area contributed by atoms with Gasteiger partial charge in [-0.25, -0.2) is 8.42 Å². The Balaban J connectivity index is 1.49. The third kappa shape index (κ3) is 3.44. The molecule has 1 fully saturated rings. The van der Waals surface area contributed by atoms with Crippen LogP contribution < -0.4 is 19.1 Å². The molecule has 26 heavy (non-hydrogen) atoms. The minimum absolute atomic E-state index is 0.114. The highest BCUT2D eigenvalue weighted by molar-refractivity contribution is 7.92. The third-order valence-corrected chi connectivity index (χ3v) is 6.17. The van der Waals surface area contributed by atoms with Crippen LogP contribution in [0.25, 0.3) is 0 Å². The van der Waals surface area contributed by atoms with Crippen molar-refractivity contribution in [3.05, 3.63) is 42.5 Å². The van der Waals surface area contributed by atoms with Crippen LogP contribution in [0.2, 0.25) is 0 Å². The summed E-state index contributed by atoms with van der Waals surface area (Å²) in [7, 11) is -3.68. The van der Waals surface area contributed by atoms with Crippen LogP contribution in [0.4, 0.5) is 11.4 Å². The third-order valence-electron chi connectivity index (χ3n) is 4.80. The van der Waals surface area contributed by atoms with E-state index in [4.69, 9.17) is 9.47 Å². The summed E-state index contributed by atoms with van der Waals surface area (Å²) in [6.45, 7) is 4.47. The van der Waals surface area contributed by atoms with Crippen molar-refractivity contribution in [3.8, 4) is 11.5 Å². The van der Waals surface area contributed by atoms with Gasteiger partial charge in [0, 0.05) is 30.5 Å². The lowest BCUT2D eigenvalue weighted by molar-refractivity contribution is 0.174. The summed E-state index contributed by atoms with van der Waals surface area (Å²) in [5, 5.41) is 0. The maximum absolute atomic E-state index is 12.6. The van der Waals surface area contributed by atoms with E-state index in [1.807, 2.05) is 12.1 Å². The summed E-state index contributed by atoms with van der Waals surface area (Å²) in [6, 6.07) is 12.1. The lowest BCUT2D eigenvalue weighted by Crippen LogP contribution is -2.34. The molecule has 4 rings (SSSR count). The highest BCUT2D eigenvalue weighted by Gasteiger charge is 2.21. The van der Waals surface area contributed by atoms with Gasteiger partial charge in [0.1, 0.15) is 0 Å². The predicted octanol–water partition coefficient (Wildman–Crippen LogP) is 3.45. The van der Waals surface area contributed by atoms with Gasteiger partial charge in [0.15, 0.2) is 11.5 Å². The van der Waals surface area contributed by atoms with Gasteiger partial charge in [-0.15, -0.1) is 0 Å². The van der Waals surface area contributed by atoms with Crippen molar-refractivity contribution >= 4 is 21.4 Å². The van der Waals surface area contributed by atoms with Gasteiger partial charge in [-0.2, -0.15) is 0 Å². The van der Waals surface area contributed by atoms with E-state index in [0.717, 1.165) is 18.8 Å². The number of fused-ring (bicyclic) bond motifs is 1. The molecule has 0 bridgehead atoms. The van der Waals surface area contributed by atoms with Crippen molar-refractivity contribution < 1.29 is 17.9 Å². The van der Waals surface area contributed by atoms with E-state index in [9.17, 15) is 8.42 Å². The van der Waals surface area contributed by atoms with Gasteiger partial charge in [-0.1, -0.05) is 6.92 Å². The largest absolute Gasteiger partial charge is 0.454 e. The number of nitrogens with one attached hydrogen (secondary N) is 1. The molecule has 0 aliphatic carbocycles. The topological polar surface area (TPSA) is 67.9 Å². The first-order valence-electron chi connectivity index (χ1n) is 8.79. The zero-order valence-corrected chi connectivity index (χ0v) is 15.5. The van der Waals surface area contributed by atoms with Gasteiger partial charge >= 0.3 is 0 Å². The molecule has 0 spiro atoms. The maximum Gasteiger partial charge on any atom is 0.262 e. The zero-order chi connectivity index (χ0) is 18.1. The molecule has 6 nitrogen and oxygen atoms in total. The number of nitrogens with zero attached hydrogens (tertiary/aromatic N) is 1. The predicted molar refractivity (Wildman–Crippen MR) is 100 cm³/mol. The van der Waals surface area contributed by atoms with Crippen molar-refractivity contribution in [1.82, 2.24) is 0 Å². The molecule has 1 unspecified atom stereocenters. The summed E-state index contributed by atoms with van der Waals surface area (Å²) in [6.07, 6.45) is 2.46. The molecule has 2 heterocycles. The SMILES string of the molecule is CC1CCCN(c2ccc(NS(=O)(=O)c3ccc4c(c3)OCO4)cc2)C1. The van der Waals surface area contributed by atoms with Gasteiger partial charge in [-0.3, -0.25) is 4.72 Å². The standard InChI is InChI=1S/C19H22N2O4S/c1-14-3-2-10-21(12-14)16-6-4-15(5-7-16)20-26(22,23)17-8-9-18-19(11-17)25-13-24-18/h4-9,11,14,20H,2-3,10,12-13H2,1H3. The van der Waals surface area contributed by atoms with Gasteiger partial charge < -0.3 is 14.4 Å². The average molecular weight is 374 g/mol. The molecule has 138 valence electrons. The van der Waals surface area contributed by atoms with Crippen LogP contribution in [0.3, 0.4) is 0 Å². The molecule has 0 saturated carbocycles. The summed E-state index contributed by atoms with van der Waals surface area (Å²) >= 11 is 0. The number of piperidine rings is 1. The molecule has 1 atom stereocenters. The van der Waals surface area contributed by atoms with Crippen molar-refractivity contribution in [2.75, 3.05) is 29.5 Å². The van der Waals surface area contributed by atoms with Crippen molar-refractivity contribution in [1.29, 1.82) is 0 Å². The van der Waals surface area contributed by atoms with E-state index in [2.05, 4.69) is 16.5 Å². The van der Waals surface area contributed by atoms with Crippen LogP contribution in [0, 0.1) is 5.92 Å². The van der Waals surface area contributed by atoms with Crippen LogP contribution in [-0.2, 0) is 10.0 Å². The number of anilines is 2. The zero-order valence-electron chi connectivity index (χ0n) is 14.6. The van der Waals surface area contributed by atoms with E-state index >= 15 is 0 Å². The fourth-order valence-corrected chi connectivity index (χ4v) is 4.50. The van der Waals surface area contributed by atoms with Crippen LogP contribution in [0.1, 0.15) is 19.8 Å². The fourth-order valence-electron chi connectivity index (χ4n) is 3.42. The Kier molecular flexibility index (Phi) is 4.40. The van der Waals surface area contributed by atoms with Crippen LogP contribution in [0.15, 0.2) is 47.4 Å². The Morgan fingerprint density at radius 3 is 2.62 bits per heavy atom. The number of hydrogen-bond acceptors (Lipinski definition) is 5. The number of benzene rings is 2. The van der Waals surface area contributed by atoms with Crippen LogP contribution in [0.5, 0.6) is 11.5 Å². The van der Waals surface area contributed by atoms with E-state index in [-0.39, 0.29) is 11.7 Å². The lowest BCUT2D eigenvalue weighted by Gasteiger charge is -2.32. The number of rotatable bonds is 4. The van der Waals surface area contributed by atoms with Gasteiger partial charge in [0.05, 0.1) is 4.90 Å². The molecular formula is C19H22N2O4S. The van der Waals surface area contributed by atoms with Gasteiger partial charge in [0.25, 0.3) is 10.0 Å². The Morgan fingerprint density at radius 1 is 1.08 bits per heavy atom. The Morgan fingerprint density at radius 2 is 1.85 bits per heavy atom. The molecule has 1 saturated heterocycles. The first-order chi connectivity index (χ1) is 12.5. The number of sulfonamides is 1. The first-order valence-corrected chi connectivity index (χ1v) is 10.3. The Hall–Kier alpha value is -2.41. The molecule has 0 amide bonds. The summed E-state index contributed by atoms with van der Waals surface area (Å²) in [5.41, 5.74) is 1.67. The van der Waals surface area contributed by atoms with E-state index in [1.54, 1.807) is 18.2 Å². The van der Waals surface area contributed by atoms with E-state index in [0.29, 0.717) is 23.1 Å². The molecular weight excluding hydrogens is 352 g/mol. The fraction of sp³-hybridized carbons (Fsp3) is 0.368. The molecule has 2 aliphatic rings. The van der Waals surface area contributed by atoms with Crippen molar-refractivity contribution in [3.63, 3.8) is 0 Å². The summed E-state index contributed by atoms with van der Waals surface area (Å²) in [4.78, 5) is 2.50. The quantitative estimate of drug-likeness (QED) is 0.888. The Labute approximate surface area is 153 Å². The second kappa shape index (κ2) is 6.72. The second-order valence-corrected chi connectivity index (χ2v) is 8.54. The number of ether oxygens (including phenoxy) is 2. The molecule has 1 N–H and O–H groups in total. The summed E-state index contributed by atoms with van der Waals surface area (Å²) in [5.74, 6) is 1.69. The minimum atomic E-state index is -3.68. The maximum atomic E-state index is 12.6. The normalized spacial score (nSPS) is 19.4. The molecule has 7 heteroatoms. The van der Waals surface area contributed by atoms with Gasteiger partial charge in [0.2, 0.25) is 6.79 Å². The summed E-state index contributed by atoms with van der Waals surface area (Å²) < 4.78 is 38.3. The highest BCUT2D eigenvalue weighted by atomic mass is 32.2. The van der Waals surface area contributed by atoms with E-state index in [1.165, 1.54) is 25.0 Å². The second-order valence-electron chi connectivity index (χ2n) is 6.86. The average Bonchev–Trinajstić information content (AvgIpc) is 3.10. The monoisotopic (exact) mass is 374 g/mol. The Bertz CT molecular complexity index is 896. The lowest BCUT2D eigenvalue weighted by atomic mass is 10.00. The molecule has 2 aromatic carbocycles. The molecule has 2 aliphatic heterocycles. The van der Waals surface area contributed by atoms with Gasteiger partial charge in [-0.05, 0) is 55.2 Å². The van der Waals surface area contributed by atoms with Crippen LogP contribution >= 0.6 is 0 Å². The molecule has 0 radical (unpaired) electrons. The molecule has 0 aromatic heterocycles. The van der Waals surface area contributed by atoms with Crippen LogP contribution in [-0.4, -0.2) is 28.3 Å². The molecule has 2 aromatic rings. The number of hydrogen-bond donors (Lipinski definition) is 1.